The zero-order chi connectivity index (χ0) is 11.9. The van der Waals surface area contributed by atoms with E-state index in [1.54, 1.807) is 6.92 Å². The summed E-state index contributed by atoms with van der Waals surface area (Å²) in [4.78, 5) is 11.4. The van der Waals surface area contributed by atoms with Gasteiger partial charge in [-0.05, 0) is 43.9 Å². The number of carbonyl (C=O) groups excluding carboxylic acids is 1. The second-order valence-electron chi connectivity index (χ2n) is 5.92. The Hall–Kier alpha value is -0.790. The van der Waals surface area contributed by atoms with Crippen molar-refractivity contribution in [2.75, 3.05) is 6.61 Å². The molecule has 0 radical (unpaired) electrons. The molecule has 16 heavy (non-hydrogen) atoms. The summed E-state index contributed by atoms with van der Waals surface area (Å²) in [5.74, 6) is 2.06. The summed E-state index contributed by atoms with van der Waals surface area (Å²) >= 11 is 0. The molecule has 4 atom stereocenters. The van der Waals surface area contributed by atoms with Crippen LogP contribution in [0, 0.1) is 23.2 Å². The predicted octanol–water partition coefficient (Wildman–Crippen LogP) is 3.18. The molecule has 0 amide bonds. The Balaban J connectivity index is 1.98. The van der Waals surface area contributed by atoms with E-state index in [0.717, 1.165) is 11.8 Å². The highest BCUT2D eigenvalue weighted by Crippen LogP contribution is 2.59. The Bertz CT molecular complexity index is 317. The molecule has 90 valence electrons. The zero-order valence-corrected chi connectivity index (χ0v) is 10.6. The van der Waals surface area contributed by atoms with Gasteiger partial charge in [0.1, 0.15) is 0 Å². The molecule has 0 spiro atoms. The molecule has 2 heteroatoms. The lowest BCUT2D eigenvalue weighted by atomic mass is 9.69. The van der Waals surface area contributed by atoms with Gasteiger partial charge in [-0.2, -0.15) is 0 Å². The van der Waals surface area contributed by atoms with Gasteiger partial charge >= 0.3 is 5.97 Å². The van der Waals surface area contributed by atoms with E-state index in [9.17, 15) is 4.79 Å². The van der Waals surface area contributed by atoms with Crippen LogP contribution in [0.3, 0.4) is 0 Å². The largest absolute Gasteiger partial charge is 0.462 e. The van der Waals surface area contributed by atoms with Crippen LogP contribution in [0.1, 0.15) is 40.0 Å². The highest BCUT2D eigenvalue weighted by molar-refractivity contribution is 5.86. The molecule has 2 nitrogen and oxygen atoms in total. The highest BCUT2D eigenvalue weighted by Gasteiger charge is 2.53. The Morgan fingerprint density at radius 2 is 2.19 bits per heavy atom. The van der Waals surface area contributed by atoms with E-state index in [2.05, 4.69) is 20.4 Å². The van der Waals surface area contributed by atoms with Crippen molar-refractivity contribution in [2.45, 2.75) is 40.0 Å². The third-order valence-corrected chi connectivity index (χ3v) is 5.02. The van der Waals surface area contributed by atoms with E-state index in [4.69, 9.17) is 4.74 Å². The minimum Gasteiger partial charge on any atom is -0.462 e. The first kappa shape index (κ1) is 11.7. The first-order chi connectivity index (χ1) is 7.45. The topological polar surface area (TPSA) is 26.3 Å². The van der Waals surface area contributed by atoms with E-state index in [-0.39, 0.29) is 11.4 Å². The van der Waals surface area contributed by atoms with Crippen LogP contribution in [-0.2, 0) is 9.53 Å². The fraction of sp³-hybridized carbons (Fsp3) is 0.786. The van der Waals surface area contributed by atoms with Crippen LogP contribution < -0.4 is 0 Å². The monoisotopic (exact) mass is 222 g/mol. The van der Waals surface area contributed by atoms with Crippen LogP contribution in [0.2, 0.25) is 0 Å². The summed E-state index contributed by atoms with van der Waals surface area (Å²) in [6, 6.07) is 0. The fourth-order valence-electron chi connectivity index (χ4n) is 3.57. The smallest absolute Gasteiger partial charge is 0.333 e. The lowest BCUT2D eigenvalue weighted by molar-refractivity contribution is -0.144. The van der Waals surface area contributed by atoms with Crippen LogP contribution in [0.15, 0.2) is 12.2 Å². The van der Waals surface area contributed by atoms with Gasteiger partial charge in [0, 0.05) is 11.0 Å². The molecule has 0 aliphatic heterocycles. The van der Waals surface area contributed by atoms with Gasteiger partial charge in [-0.25, -0.2) is 4.79 Å². The molecule has 4 unspecified atom stereocenters. The normalized spacial score (nSPS) is 41.1. The van der Waals surface area contributed by atoms with Crippen LogP contribution in [-0.4, -0.2) is 12.6 Å². The maximum atomic E-state index is 11.4. The SMILES string of the molecule is C=C(C)C(=O)OCC1(C)C2CCC(C2)C1C. The van der Waals surface area contributed by atoms with E-state index in [1.807, 2.05) is 0 Å². The Labute approximate surface area is 98.1 Å². The van der Waals surface area contributed by atoms with Gasteiger partial charge in [0.2, 0.25) is 0 Å². The third kappa shape index (κ3) is 1.68. The van der Waals surface area contributed by atoms with Gasteiger partial charge in [0.05, 0.1) is 6.61 Å². The summed E-state index contributed by atoms with van der Waals surface area (Å²) in [6.07, 6.45) is 4.02. The standard InChI is InChI=1S/C14H22O2/c1-9(2)13(15)16-8-14(4)10(3)11-5-6-12(14)7-11/h10-12H,1,5-8H2,2-4H3. The molecule has 0 aromatic heterocycles. The predicted molar refractivity (Wildman–Crippen MR) is 63.9 cm³/mol. The van der Waals surface area contributed by atoms with Gasteiger partial charge in [-0.1, -0.05) is 20.4 Å². The maximum absolute atomic E-state index is 11.4. The van der Waals surface area contributed by atoms with Gasteiger partial charge in [-0.15, -0.1) is 0 Å². The average molecular weight is 222 g/mol. The number of ether oxygens (including phenoxy) is 1. The Morgan fingerprint density at radius 3 is 2.69 bits per heavy atom. The molecule has 2 saturated carbocycles. The zero-order valence-electron chi connectivity index (χ0n) is 10.6. The van der Waals surface area contributed by atoms with Crippen LogP contribution in [0.25, 0.3) is 0 Å². The van der Waals surface area contributed by atoms with Gasteiger partial charge in [0.15, 0.2) is 0 Å². The van der Waals surface area contributed by atoms with E-state index < -0.39 is 0 Å². The van der Waals surface area contributed by atoms with Crippen molar-refractivity contribution in [1.82, 2.24) is 0 Å². The number of hydrogen-bond donors (Lipinski definition) is 0. The molecule has 0 saturated heterocycles. The minimum atomic E-state index is -0.240. The Kier molecular flexibility index (Phi) is 2.85. The molecule has 0 N–H and O–H groups in total. The molecule has 2 aliphatic rings. The molecular formula is C14H22O2. The van der Waals surface area contributed by atoms with Crippen molar-refractivity contribution in [3.8, 4) is 0 Å². The lowest BCUT2D eigenvalue weighted by Crippen LogP contribution is -2.37. The highest BCUT2D eigenvalue weighted by atomic mass is 16.5. The lowest BCUT2D eigenvalue weighted by Gasteiger charge is -2.38. The van der Waals surface area contributed by atoms with Crippen molar-refractivity contribution in [3.05, 3.63) is 12.2 Å². The number of hydrogen-bond acceptors (Lipinski definition) is 2. The van der Waals surface area contributed by atoms with Crippen LogP contribution >= 0.6 is 0 Å². The molecule has 0 aromatic carbocycles. The first-order valence-corrected chi connectivity index (χ1v) is 6.28. The number of fused-ring (bicyclic) bond motifs is 2. The molecule has 2 bridgehead atoms. The number of rotatable bonds is 3. The summed E-state index contributed by atoms with van der Waals surface area (Å²) in [6.45, 7) is 10.5. The summed E-state index contributed by atoms with van der Waals surface area (Å²) < 4.78 is 5.37. The summed E-state index contributed by atoms with van der Waals surface area (Å²) in [5.41, 5.74) is 0.702. The third-order valence-electron chi connectivity index (χ3n) is 5.02. The molecule has 2 fully saturated rings. The molecule has 2 aliphatic carbocycles. The van der Waals surface area contributed by atoms with Crippen molar-refractivity contribution in [1.29, 1.82) is 0 Å². The number of esters is 1. The van der Waals surface area contributed by atoms with Gasteiger partial charge in [-0.3, -0.25) is 0 Å². The van der Waals surface area contributed by atoms with Crippen molar-refractivity contribution in [2.24, 2.45) is 23.2 Å². The fourth-order valence-corrected chi connectivity index (χ4v) is 3.57. The maximum Gasteiger partial charge on any atom is 0.333 e. The molecule has 0 aromatic rings. The van der Waals surface area contributed by atoms with Gasteiger partial charge < -0.3 is 4.74 Å². The summed E-state index contributed by atoms with van der Waals surface area (Å²) in [5, 5.41) is 0. The molecular weight excluding hydrogens is 200 g/mol. The van der Waals surface area contributed by atoms with Crippen LogP contribution in [0.4, 0.5) is 0 Å². The van der Waals surface area contributed by atoms with Crippen molar-refractivity contribution >= 4 is 5.97 Å². The quantitative estimate of drug-likeness (QED) is 0.541. The second-order valence-corrected chi connectivity index (χ2v) is 5.92. The second kappa shape index (κ2) is 3.90. The summed E-state index contributed by atoms with van der Waals surface area (Å²) in [7, 11) is 0. The van der Waals surface area contributed by atoms with E-state index in [1.165, 1.54) is 19.3 Å². The first-order valence-electron chi connectivity index (χ1n) is 6.28. The minimum absolute atomic E-state index is 0.202. The van der Waals surface area contributed by atoms with Crippen molar-refractivity contribution < 1.29 is 9.53 Å². The molecule has 2 rings (SSSR count). The average Bonchev–Trinajstić information content (AvgIpc) is 2.79. The van der Waals surface area contributed by atoms with Crippen molar-refractivity contribution in [3.63, 3.8) is 0 Å². The van der Waals surface area contributed by atoms with E-state index in [0.29, 0.717) is 18.1 Å². The molecule has 0 heterocycles. The Morgan fingerprint density at radius 1 is 1.50 bits per heavy atom. The van der Waals surface area contributed by atoms with Gasteiger partial charge in [0.25, 0.3) is 0 Å². The number of carbonyl (C=O) groups is 1. The van der Waals surface area contributed by atoms with Crippen LogP contribution in [0.5, 0.6) is 0 Å². The van der Waals surface area contributed by atoms with E-state index >= 15 is 0 Å².